The molecule has 3 atom stereocenters. The molecule has 1 aliphatic heterocycles. The van der Waals surface area contributed by atoms with Crippen molar-refractivity contribution in [3.8, 4) is 0 Å². The summed E-state index contributed by atoms with van der Waals surface area (Å²) in [6, 6.07) is 5.21. The SMILES string of the molecule is CC(C)CN(CC1CCCC1)[C@@H]1CC[C@@H](CC(=O)O)O[C@H]1c1ccc(C(F)(F)F)cc1. The number of carboxylic acids is 1. The summed E-state index contributed by atoms with van der Waals surface area (Å²) in [4.78, 5) is 13.7. The van der Waals surface area contributed by atoms with E-state index in [2.05, 4.69) is 18.7 Å². The molecular weight excluding hydrogens is 407 g/mol. The second kappa shape index (κ2) is 10.3. The Morgan fingerprint density at radius 2 is 1.77 bits per heavy atom. The van der Waals surface area contributed by atoms with Gasteiger partial charge in [0.25, 0.3) is 0 Å². The number of aliphatic carboxylic acids is 1. The van der Waals surface area contributed by atoms with E-state index in [1.807, 2.05) is 0 Å². The summed E-state index contributed by atoms with van der Waals surface area (Å²) in [7, 11) is 0. The van der Waals surface area contributed by atoms with E-state index in [1.165, 1.54) is 37.8 Å². The first kappa shape index (κ1) is 24.1. The Hall–Kier alpha value is -1.60. The van der Waals surface area contributed by atoms with Gasteiger partial charge in [-0.1, -0.05) is 38.8 Å². The van der Waals surface area contributed by atoms with Crippen LogP contribution in [0.3, 0.4) is 0 Å². The second-order valence-electron chi connectivity index (χ2n) is 9.54. The van der Waals surface area contributed by atoms with Crippen molar-refractivity contribution >= 4 is 5.97 Å². The van der Waals surface area contributed by atoms with Crippen molar-refractivity contribution in [2.45, 2.75) is 83.2 Å². The minimum absolute atomic E-state index is 0.0322. The Labute approximate surface area is 182 Å². The first-order valence-corrected chi connectivity index (χ1v) is 11.4. The van der Waals surface area contributed by atoms with Crippen LogP contribution < -0.4 is 0 Å². The van der Waals surface area contributed by atoms with Crippen LogP contribution in [0.4, 0.5) is 13.2 Å². The van der Waals surface area contributed by atoms with Crippen molar-refractivity contribution in [3.63, 3.8) is 0 Å². The molecule has 31 heavy (non-hydrogen) atoms. The molecule has 174 valence electrons. The lowest BCUT2D eigenvalue weighted by atomic mass is 9.89. The highest BCUT2D eigenvalue weighted by molar-refractivity contribution is 5.67. The topological polar surface area (TPSA) is 49.8 Å². The Bertz CT molecular complexity index is 714. The maximum Gasteiger partial charge on any atom is 0.416 e. The zero-order chi connectivity index (χ0) is 22.6. The number of carbonyl (C=O) groups is 1. The first-order valence-electron chi connectivity index (χ1n) is 11.4. The zero-order valence-electron chi connectivity index (χ0n) is 18.4. The predicted molar refractivity (Wildman–Crippen MR) is 113 cm³/mol. The van der Waals surface area contributed by atoms with Gasteiger partial charge in [-0.05, 0) is 55.2 Å². The van der Waals surface area contributed by atoms with E-state index in [9.17, 15) is 23.1 Å². The molecule has 1 aliphatic carbocycles. The highest BCUT2D eigenvalue weighted by Gasteiger charge is 2.38. The van der Waals surface area contributed by atoms with Crippen LogP contribution in [0, 0.1) is 11.8 Å². The summed E-state index contributed by atoms with van der Waals surface area (Å²) in [6.45, 7) is 6.20. The summed E-state index contributed by atoms with van der Waals surface area (Å²) < 4.78 is 45.4. The summed E-state index contributed by atoms with van der Waals surface area (Å²) in [5.74, 6) is 0.176. The zero-order valence-corrected chi connectivity index (χ0v) is 18.4. The molecule has 2 fully saturated rings. The van der Waals surface area contributed by atoms with Crippen molar-refractivity contribution in [2.75, 3.05) is 13.1 Å². The molecular formula is C24H34F3NO3. The van der Waals surface area contributed by atoms with E-state index in [1.54, 1.807) is 0 Å². The highest BCUT2D eigenvalue weighted by Crippen LogP contribution is 2.39. The molecule has 0 bridgehead atoms. The van der Waals surface area contributed by atoms with Gasteiger partial charge in [0.05, 0.1) is 24.2 Å². The third-order valence-corrected chi connectivity index (χ3v) is 6.48. The lowest BCUT2D eigenvalue weighted by molar-refractivity contribution is -0.148. The standard InChI is InChI=1S/C24H34F3NO3/c1-16(2)14-28(15-17-5-3-4-6-17)21-12-11-20(13-22(29)30)31-23(21)18-7-9-19(10-8-18)24(25,26)27/h7-10,16-17,20-21,23H,3-6,11-15H2,1-2H3,(H,29,30)/t20-,21+,23-/m0/s1. The Morgan fingerprint density at radius 3 is 2.32 bits per heavy atom. The van der Waals surface area contributed by atoms with Gasteiger partial charge in [-0.25, -0.2) is 0 Å². The highest BCUT2D eigenvalue weighted by atomic mass is 19.4. The lowest BCUT2D eigenvalue weighted by Gasteiger charge is -2.44. The van der Waals surface area contributed by atoms with Crippen LogP contribution in [-0.2, 0) is 15.7 Å². The van der Waals surface area contributed by atoms with Gasteiger partial charge in [0.15, 0.2) is 0 Å². The van der Waals surface area contributed by atoms with Crippen LogP contribution in [0.25, 0.3) is 0 Å². The predicted octanol–water partition coefficient (Wildman–Crippen LogP) is 5.92. The van der Waals surface area contributed by atoms with Gasteiger partial charge in [0.1, 0.15) is 0 Å². The van der Waals surface area contributed by atoms with E-state index in [-0.39, 0.29) is 12.5 Å². The minimum atomic E-state index is -4.39. The number of alkyl halides is 3. The molecule has 0 spiro atoms. The van der Waals surface area contributed by atoms with Crippen molar-refractivity contribution < 1.29 is 27.8 Å². The van der Waals surface area contributed by atoms with E-state index in [0.717, 1.165) is 31.6 Å². The van der Waals surface area contributed by atoms with Crippen LogP contribution >= 0.6 is 0 Å². The third-order valence-electron chi connectivity index (χ3n) is 6.48. The summed E-state index contributed by atoms with van der Waals surface area (Å²) in [6.07, 6.45) is 1.04. The number of ether oxygens (including phenoxy) is 1. The average Bonchev–Trinajstić information content (AvgIpc) is 3.19. The van der Waals surface area contributed by atoms with Crippen LogP contribution in [0.15, 0.2) is 24.3 Å². The molecule has 1 aromatic rings. The molecule has 7 heteroatoms. The molecule has 3 rings (SSSR count). The Morgan fingerprint density at radius 1 is 1.13 bits per heavy atom. The van der Waals surface area contributed by atoms with Gasteiger partial charge in [0, 0.05) is 19.1 Å². The second-order valence-corrected chi connectivity index (χ2v) is 9.54. The molecule has 0 amide bonds. The molecule has 0 unspecified atom stereocenters. The van der Waals surface area contributed by atoms with Crippen LogP contribution in [0.1, 0.15) is 76.0 Å². The van der Waals surface area contributed by atoms with E-state index >= 15 is 0 Å². The van der Waals surface area contributed by atoms with Gasteiger partial charge in [0.2, 0.25) is 0 Å². The van der Waals surface area contributed by atoms with Crippen molar-refractivity contribution in [1.82, 2.24) is 4.90 Å². The average molecular weight is 442 g/mol. The van der Waals surface area contributed by atoms with E-state index in [0.29, 0.717) is 23.8 Å². The quantitative estimate of drug-likeness (QED) is 0.544. The number of carboxylic acid groups (broad SMARTS) is 1. The van der Waals surface area contributed by atoms with Gasteiger partial charge in [-0.2, -0.15) is 13.2 Å². The lowest BCUT2D eigenvalue weighted by Crippen LogP contribution is -2.48. The summed E-state index contributed by atoms with van der Waals surface area (Å²) >= 11 is 0. The van der Waals surface area contributed by atoms with Crippen molar-refractivity contribution in [2.24, 2.45) is 11.8 Å². The number of rotatable bonds is 8. The van der Waals surface area contributed by atoms with Crippen LogP contribution in [0.5, 0.6) is 0 Å². The van der Waals surface area contributed by atoms with Crippen LogP contribution in [0.2, 0.25) is 0 Å². The van der Waals surface area contributed by atoms with Crippen molar-refractivity contribution in [1.29, 1.82) is 0 Å². The number of halogens is 3. The normalized spacial score (nSPS) is 25.5. The number of hydrogen-bond acceptors (Lipinski definition) is 3. The molecule has 1 saturated carbocycles. The number of benzene rings is 1. The van der Waals surface area contributed by atoms with E-state index < -0.39 is 29.9 Å². The van der Waals surface area contributed by atoms with Gasteiger partial charge in [-0.15, -0.1) is 0 Å². The van der Waals surface area contributed by atoms with Crippen molar-refractivity contribution in [3.05, 3.63) is 35.4 Å². The fraction of sp³-hybridized carbons (Fsp3) is 0.708. The van der Waals surface area contributed by atoms with Gasteiger partial charge in [-0.3, -0.25) is 9.69 Å². The molecule has 1 saturated heterocycles. The fourth-order valence-corrected chi connectivity index (χ4v) is 5.09. The summed E-state index contributed by atoms with van der Waals surface area (Å²) in [5.41, 5.74) is 0.00366. The molecule has 1 heterocycles. The monoisotopic (exact) mass is 441 g/mol. The number of hydrogen-bond donors (Lipinski definition) is 1. The fourth-order valence-electron chi connectivity index (χ4n) is 5.09. The Balaban J connectivity index is 1.86. The minimum Gasteiger partial charge on any atom is -0.481 e. The van der Waals surface area contributed by atoms with Crippen LogP contribution in [-0.4, -0.2) is 41.2 Å². The molecule has 0 radical (unpaired) electrons. The Kier molecular flexibility index (Phi) is 8.03. The molecule has 0 aromatic heterocycles. The van der Waals surface area contributed by atoms with Gasteiger partial charge >= 0.3 is 12.1 Å². The molecule has 2 aliphatic rings. The maximum atomic E-state index is 13.0. The maximum absolute atomic E-state index is 13.0. The largest absolute Gasteiger partial charge is 0.481 e. The molecule has 1 aromatic carbocycles. The summed E-state index contributed by atoms with van der Waals surface area (Å²) in [5, 5.41) is 9.22. The third kappa shape index (κ3) is 6.69. The molecule has 1 N–H and O–H groups in total. The smallest absolute Gasteiger partial charge is 0.416 e. The van der Waals surface area contributed by atoms with Gasteiger partial charge < -0.3 is 9.84 Å². The van der Waals surface area contributed by atoms with E-state index in [4.69, 9.17) is 4.74 Å². The first-order chi connectivity index (χ1) is 14.6. The number of nitrogens with zero attached hydrogens (tertiary/aromatic N) is 1. The molecule has 4 nitrogen and oxygen atoms in total.